The molecule has 0 radical (unpaired) electrons. The van der Waals surface area contributed by atoms with E-state index in [0.29, 0.717) is 0 Å². The van der Waals surface area contributed by atoms with E-state index in [-0.39, 0.29) is 29.2 Å². The van der Waals surface area contributed by atoms with E-state index in [1.807, 2.05) is 0 Å². The quantitative estimate of drug-likeness (QED) is 0.906. The summed E-state index contributed by atoms with van der Waals surface area (Å²) >= 11 is 0. The van der Waals surface area contributed by atoms with Gasteiger partial charge in [0.05, 0.1) is 18.2 Å². The summed E-state index contributed by atoms with van der Waals surface area (Å²) in [5.41, 5.74) is -0.602. The molecule has 23 heavy (non-hydrogen) atoms. The van der Waals surface area contributed by atoms with Gasteiger partial charge in [-0.2, -0.15) is 13.2 Å². The number of hydrogen-bond acceptors (Lipinski definition) is 3. The van der Waals surface area contributed by atoms with Gasteiger partial charge in [0.25, 0.3) is 5.91 Å². The first-order valence-electron chi connectivity index (χ1n) is 6.63. The molecule has 0 aliphatic rings. The molecule has 0 bridgehead atoms. The molecule has 2 aromatic rings. The van der Waals surface area contributed by atoms with Crippen LogP contribution < -0.4 is 10.1 Å². The van der Waals surface area contributed by atoms with Crippen LogP contribution in [0.4, 0.5) is 13.2 Å². The molecule has 0 aromatic heterocycles. The van der Waals surface area contributed by atoms with Crippen molar-refractivity contribution < 1.29 is 27.8 Å². The Bertz CT molecular complexity index is 714. The maximum atomic E-state index is 12.8. The Hall–Kier alpha value is -2.70. The highest BCUT2D eigenvalue weighted by Gasteiger charge is 2.31. The van der Waals surface area contributed by atoms with Gasteiger partial charge in [-0.1, -0.05) is 12.1 Å². The first kappa shape index (κ1) is 16.7. The number of methoxy groups -OCH3 is 1. The maximum Gasteiger partial charge on any atom is 0.416 e. The highest BCUT2D eigenvalue weighted by atomic mass is 19.4. The third-order valence-corrected chi connectivity index (χ3v) is 3.20. The number of carbonyl (C=O) groups excluding carboxylic acids is 1. The largest absolute Gasteiger partial charge is 0.507 e. The minimum atomic E-state index is -4.48. The fraction of sp³-hybridized carbons (Fsp3) is 0.188. The van der Waals surface area contributed by atoms with Gasteiger partial charge >= 0.3 is 6.18 Å². The van der Waals surface area contributed by atoms with Crippen molar-refractivity contribution in [3.05, 3.63) is 59.2 Å². The van der Waals surface area contributed by atoms with E-state index in [1.54, 1.807) is 12.1 Å². The lowest BCUT2D eigenvalue weighted by Gasteiger charge is -2.13. The molecule has 4 nitrogen and oxygen atoms in total. The molecular formula is C16H14F3NO3. The average molecular weight is 325 g/mol. The molecule has 0 saturated heterocycles. The SMILES string of the molecule is COc1ccc(C(F)(F)F)cc1CNC(=O)c1ccccc1O. The molecular weight excluding hydrogens is 311 g/mol. The molecule has 0 atom stereocenters. The summed E-state index contributed by atoms with van der Waals surface area (Å²) in [5, 5.41) is 12.1. The average Bonchev–Trinajstić information content (AvgIpc) is 2.51. The number of phenolic OH excluding ortho intramolecular Hbond substituents is 1. The molecule has 0 aliphatic heterocycles. The number of amides is 1. The molecule has 2 rings (SSSR count). The van der Waals surface area contributed by atoms with Gasteiger partial charge in [0.2, 0.25) is 0 Å². The molecule has 0 saturated carbocycles. The molecule has 0 unspecified atom stereocenters. The van der Waals surface area contributed by atoms with E-state index in [0.717, 1.165) is 12.1 Å². The zero-order valence-electron chi connectivity index (χ0n) is 12.1. The fourth-order valence-corrected chi connectivity index (χ4v) is 2.03. The number of ether oxygens (including phenoxy) is 1. The lowest BCUT2D eigenvalue weighted by atomic mass is 10.1. The standard InChI is InChI=1S/C16H14F3NO3/c1-23-14-7-6-11(16(17,18)19)8-10(14)9-20-15(22)12-4-2-3-5-13(12)21/h2-8,21H,9H2,1H3,(H,20,22). The van der Waals surface area contributed by atoms with Gasteiger partial charge in [-0.05, 0) is 30.3 Å². The predicted octanol–water partition coefficient (Wildman–Crippen LogP) is 3.35. The van der Waals surface area contributed by atoms with Crippen molar-refractivity contribution in [1.82, 2.24) is 5.32 Å². The number of benzene rings is 2. The van der Waals surface area contributed by atoms with E-state index >= 15 is 0 Å². The van der Waals surface area contributed by atoms with Crippen molar-refractivity contribution in [3.63, 3.8) is 0 Å². The zero-order chi connectivity index (χ0) is 17.0. The fourth-order valence-electron chi connectivity index (χ4n) is 2.03. The van der Waals surface area contributed by atoms with Gasteiger partial charge in [0.1, 0.15) is 11.5 Å². The van der Waals surface area contributed by atoms with Gasteiger partial charge in [-0.25, -0.2) is 0 Å². The number of para-hydroxylation sites is 1. The lowest BCUT2D eigenvalue weighted by Crippen LogP contribution is -2.23. The minimum absolute atomic E-state index is 0.0402. The summed E-state index contributed by atoms with van der Waals surface area (Å²) in [6, 6.07) is 8.91. The summed E-state index contributed by atoms with van der Waals surface area (Å²) in [6.45, 7) is -0.166. The lowest BCUT2D eigenvalue weighted by molar-refractivity contribution is -0.137. The van der Waals surface area contributed by atoms with Gasteiger partial charge < -0.3 is 15.2 Å². The Morgan fingerprint density at radius 3 is 2.52 bits per heavy atom. The van der Waals surface area contributed by atoms with E-state index in [9.17, 15) is 23.1 Å². The van der Waals surface area contributed by atoms with Crippen LogP contribution in [0.25, 0.3) is 0 Å². The van der Waals surface area contributed by atoms with Gasteiger partial charge in [0.15, 0.2) is 0 Å². The number of aromatic hydroxyl groups is 1. The number of carbonyl (C=O) groups is 1. The minimum Gasteiger partial charge on any atom is -0.507 e. The summed E-state index contributed by atoms with van der Waals surface area (Å²) in [6.07, 6.45) is -4.48. The summed E-state index contributed by atoms with van der Waals surface area (Å²) < 4.78 is 43.3. The van der Waals surface area contributed by atoms with Crippen LogP contribution in [0.5, 0.6) is 11.5 Å². The third-order valence-electron chi connectivity index (χ3n) is 3.20. The van der Waals surface area contributed by atoms with E-state index < -0.39 is 17.6 Å². The normalized spacial score (nSPS) is 11.1. The second-order valence-electron chi connectivity index (χ2n) is 4.72. The monoisotopic (exact) mass is 325 g/mol. The highest BCUT2D eigenvalue weighted by Crippen LogP contribution is 2.32. The first-order valence-corrected chi connectivity index (χ1v) is 6.63. The molecule has 2 aromatic carbocycles. The Morgan fingerprint density at radius 1 is 1.22 bits per heavy atom. The summed E-state index contributed by atoms with van der Waals surface area (Å²) in [4.78, 5) is 12.0. The van der Waals surface area contributed by atoms with Crippen molar-refractivity contribution in [3.8, 4) is 11.5 Å². The summed E-state index contributed by atoms with van der Waals surface area (Å²) in [5.74, 6) is -0.570. The molecule has 2 N–H and O–H groups in total. The Morgan fingerprint density at radius 2 is 1.91 bits per heavy atom. The van der Waals surface area contributed by atoms with Crippen molar-refractivity contribution in [2.45, 2.75) is 12.7 Å². The van der Waals surface area contributed by atoms with Crippen molar-refractivity contribution in [2.75, 3.05) is 7.11 Å². The number of halogens is 3. The smallest absolute Gasteiger partial charge is 0.416 e. The second kappa shape index (κ2) is 6.60. The van der Waals surface area contributed by atoms with Crippen LogP contribution in [0.15, 0.2) is 42.5 Å². The molecule has 122 valence electrons. The Kier molecular flexibility index (Phi) is 4.78. The molecule has 0 spiro atoms. The van der Waals surface area contributed by atoms with Gasteiger partial charge in [-0.15, -0.1) is 0 Å². The molecule has 1 amide bonds. The Balaban J connectivity index is 2.19. The maximum absolute atomic E-state index is 12.8. The molecule has 0 fully saturated rings. The van der Waals surface area contributed by atoms with Crippen LogP contribution in [-0.4, -0.2) is 18.1 Å². The van der Waals surface area contributed by atoms with Crippen LogP contribution in [0.2, 0.25) is 0 Å². The topological polar surface area (TPSA) is 58.6 Å². The third kappa shape index (κ3) is 3.94. The van der Waals surface area contributed by atoms with Crippen LogP contribution in [-0.2, 0) is 12.7 Å². The summed E-state index contributed by atoms with van der Waals surface area (Å²) in [7, 11) is 1.33. The first-order chi connectivity index (χ1) is 10.8. The van der Waals surface area contributed by atoms with Crippen LogP contribution in [0, 0.1) is 0 Å². The number of hydrogen-bond donors (Lipinski definition) is 2. The van der Waals surface area contributed by atoms with Crippen molar-refractivity contribution in [1.29, 1.82) is 0 Å². The number of alkyl halides is 3. The van der Waals surface area contributed by atoms with Crippen molar-refractivity contribution in [2.24, 2.45) is 0 Å². The predicted molar refractivity (Wildman–Crippen MR) is 77.3 cm³/mol. The number of rotatable bonds is 4. The van der Waals surface area contributed by atoms with Crippen LogP contribution in [0.1, 0.15) is 21.5 Å². The van der Waals surface area contributed by atoms with E-state index in [4.69, 9.17) is 4.74 Å². The number of phenols is 1. The number of nitrogens with one attached hydrogen (secondary N) is 1. The molecule has 7 heteroatoms. The van der Waals surface area contributed by atoms with Crippen LogP contribution >= 0.6 is 0 Å². The second-order valence-corrected chi connectivity index (χ2v) is 4.72. The Labute approximate surface area is 130 Å². The van der Waals surface area contributed by atoms with Crippen molar-refractivity contribution >= 4 is 5.91 Å². The van der Waals surface area contributed by atoms with E-state index in [1.165, 1.54) is 25.3 Å². The van der Waals surface area contributed by atoms with Gasteiger partial charge in [0, 0.05) is 12.1 Å². The van der Waals surface area contributed by atoms with Gasteiger partial charge in [-0.3, -0.25) is 4.79 Å². The molecule has 0 aliphatic carbocycles. The van der Waals surface area contributed by atoms with Crippen LogP contribution in [0.3, 0.4) is 0 Å². The zero-order valence-corrected chi connectivity index (χ0v) is 12.1. The van der Waals surface area contributed by atoms with E-state index in [2.05, 4.69) is 5.32 Å². The molecule has 0 heterocycles. The highest BCUT2D eigenvalue weighted by molar-refractivity contribution is 5.96.